The van der Waals surface area contributed by atoms with Gasteiger partial charge in [0.15, 0.2) is 0 Å². The molecule has 1 aromatic heterocycles. The van der Waals surface area contributed by atoms with E-state index in [9.17, 15) is 0 Å². The van der Waals surface area contributed by atoms with E-state index in [2.05, 4.69) is 67.8 Å². The Bertz CT molecular complexity index is 1150. The molecule has 4 heteroatoms. The maximum atomic E-state index is 6.08. The van der Waals surface area contributed by atoms with Crippen molar-refractivity contribution >= 4 is 11.0 Å². The maximum Gasteiger partial charge on any atom is 0.148 e. The second-order valence-electron chi connectivity index (χ2n) is 7.69. The molecule has 0 atom stereocenters. The van der Waals surface area contributed by atoms with Gasteiger partial charge in [0, 0.05) is 6.54 Å². The monoisotopic (exact) mass is 400 g/mol. The van der Waals surface area contributed by atoms with E-state index >= 15 is 0 Å². The van der Waals surface area contributed by atoms with Gasteiger partial charge >= 0.3 is 0 Å². The van der Waals surface area contributed by atoms with Gasteiger partial charge in [-0.25, -0.2) is 4.98 Å². The van der Waals surface area contributed by atoms with Gasteiger partial charge in [-0.15, -0.1) is 0 Å². The van der Waals surface area contributed by atoms with Crippen LogP contribution in [0.15, 0.2) is 66.7 Å². The van der Waals surface area contributed by atoms with Crippen molar-refractivity contribution < 1.29 is 9.47 Å². The molecule has 0 aliphatic rings. The van der Waals surface area contributed by atoms with Gasteiger partial charge < -0.3 is 14.0 Å². The summed E-state index contributed by atoms with van der Waals surface area (Å²) in [7, 11) is 0. The van der Waals surface area contributed by atoms with Crippen LogP contribution >= 0.6 is 0 Å². The largest absolute Gasteiger partial charge is 0.493 e. The van der Waals surface area contributed by atoms with Crippen molar-refractivity contribution in [1.29, 1.82) is 0 Å². The van der Waals surface area contributed by atoms with E-state index in [1.54, 1.807) is 0 Å². The standard InChI is InChI=1S/C26H28N2O2/c1-19-13-14-21(3)25(17-19)29-16-8-15-28-23-11-6-5-10-22(23)27-26(28)18-30-24-12-7-4-9-20(24)2/h4-7,9-14,17H,8,15-16,18H2,1-3H3. The maximum absolute atomic E-state index is 6.08. The van der Waals surface area contributed by atoms with Gasteiger partial charge in [0.1, 0.15) is 23.9 Å². The Balaban J connectivity index is 1.46. The van der Waals surface area contributed by atoms with Crippen LogP contribution in [0.4, 0.5) is 0 Å². The Morgan fingerprint density at radius 1 is 0.800 bits per heavy atom. The molecule has 4 nitrogen and oxygen atoms in total. The van der Waals surface area contributed by atoms with Crippen molar-refractivity contribution in [2.75, 3.05) is 6.61 Å². The summed E-state index contributed by atoms with van der Waals surface area (Å²) < 4.78 is 14.4. The Hall–Kier alpha value is -3.27. The molecule has 0 unspecified atom stereocenters. The molecule has 0 saturated heterocycles. The predicted molar refractivity (Wildman–Crippen MR) is 121 cm³/mol. The van der Waals surface area contributed by atoms with E-state index in [4.69, 9.17) is 14.5 Å². The van der Waals surface area contributed by atoms with Gasteiger partial charge in [0.2, 0.25) is 0 Å². The number of para-hydroxylation sites is 3. The van der Waals surface area contributed by atoms with Crippen LogP contribution in [-0.4, -0.2) is 16.2 Å². The van der Waals surface area contributed by atoms with Gasteiger partial charge in [0.05, 0.1) is 17.6 Å². The minimum Gasteiger partial charge on any atom is -0.493 e. The zero-order chi connectivity index (χ0) is 20.9. The van der Waals surface area contributed by atoms with E-state index in [0.717, 1.165) is 46.9 Å². The van der Waals surface area contributed by atoms with E-state index < -0.39 is 0 Å². The lowest BCUT2D eigenvalue weighted by Gasteiger charge is -2.13. The molecule has 0 aliphatic carbocycles. The molecule has 4 aromatic rings. The topological polar surface area (TPSA) is 36.3 Å². The number of aryl methyl sites for hydroxylation is 4. The first-order valence-electron chi connectivity index (χ1n) is 10.4. The molecular weight excluding hydrogens is 372 g/mol. The van der Waals surface area contributed by atoms with Gasteiger partial charge in [-0.3, -0.25) is 0 Å². The first kappa shape index (κ1) is 20.0. The van der Waals surface area contributed by atoms with Crippen LogP contribution in [0.1, 0.15) is 28.9 Å². The minimum atomic E-state index is 0.442. The van der Waals surface area contributed by atoms with Crippen molar-refractivity contribution in [1.82, 2.24) is 9.55 Å². The Kier molecular flexibility index (Phi) is 6.03. The number of rotatable bonds is 8. The number of hydrogen-bond donors (Lipinski definition) is 0. The highest BCUT2D eigenvalue weighted by Crippen LogP contribution is 2.22. The van der Waals surface area contributed by atoms with Crippen molar-refractivity contribution in [3.05, 3.63) is 89.2 Å². The highest BCUT2D eigenvalue weighted by molar-refractivity contribution is 5.75. The molecule has 0 radical (unpaired) electrons. The summed E-state index contributed by atoms with van der Waals surface area (Å²) in [4.78, 5) is 4.82. The van der Waals surface area contributed by atoms with Crippen molar-refractivity contribution in [2.45, 2.75) is 40.3 Å². The molecule has 0 aliphatic heterocycles. The third-order valence-corrected chi connectivity index (χ3v) is 5.31. The third-order valence-electron chi connectivity index (χ3n) is 5.31. The highest BCUT2D eigenvalue weighted by Gasteiger charge is 2.12. The lowest BCUT2D eigenvalue weighted by molar-refractivity contribution is 0.278. The van der Waals surface area contributed by atoms with E-state index in [-0.39, 0.29) is 0 Å². The van der Waals surface area contributed by atoms with E-state index in [0.29, 0.717) is 13.2 Å². The van der Waals surface area contributed by atoms with Crippen molar-refractivity contribution in [3.8, 4) is 11.5 Å². The summed E-state index contributed by atoms with van der Waals surface area (Å²) in [6.45, 7) is 8.16. The number of ether oxygens (including phenoxy) is 2. The molecule has 3 aromatic carbocycles. The van der Waals surface area contributed by atoms with Crippen LogP contribution in [0.5, 0.6) is 11.5 Å². The van der Waals surface area contributed by atoms with Crippen LogP contribution in [-0.2, 0) is 13.2 Å². The molecule has 1 heterocycles. The number of imidazole rings is 1. The summed E-state index contributed by atoms with van der Waals surface area (Å²) in [6, 6.07) is 22.6. The zero-order valence-corrected chi connectivity index (χ0v) is 17.9. The average Bonchev–Trinajstić information content (AvgIpc) is 3.10. The highest BCUT2D eigenvalue weighted by atomic mass is 16.5. The Morgan fingerprint density at radius 2 is 1.57 bits per heavy atom. The number of aromatic nitrogens is 2. The first-order chi connectivity index (χ1) is 14.6. The first-order valence-corrected chi connectivity index (χ1v) is 10.4. The summed E-state index contributed by atoms with van der Waals surface area (Å²) in [5.74, 6) is 2.80. The van der Waals surface area contributed by atoms with Crippen molar-refractivity contribution in [3.63, 3.8) is 0 Å². The van der Waals surface area contributed by atoms with Crippen LogP contribution in [0, 0.1) is 20.8 Å². The summed E-state index contributed by atoms with van der Waals surface area (Å²) in [5.41, 5.74) is 5.64. The fourth-order valence-electron chi connectivity index (χ4n) is 3.61. The van der Waals surface area contributed by atoms with Crippen LogP contribution < -0.4 is 9.47 Å². The zero-order valence-electron chi connectivity index (χ0n) is 17.9. The molecule has 0 saturated carbocycles. The normalized spacial score (nSPS) is 11.0. The molecule has 0 bridgehead atoms. The van der Waals surface area contributed by atoms with Crippen LogP contribution in [0.25, 0.3) is 11.0 Å². The smallest absolute Gasteiger partial charge is 0.148 e. The van der Waals surface area contributed by atoms with Gasteiger partial charge in [-0.1, -0.05) is 42.5 Å². The molecule has 0 N–H and O–H groups in total. The summed E-state index contributed by atoms with van der Waals surface area (Å²) in [5, 5.41) is 0. The minimum absolute atomic E-state index is 0.442. The fraction of sp³-hybridized carbons (Fsp3) is 0.269. The molecule has 4 rings (SSSR count). The van der Waals surface area contributed by atoms with Gasteiger partial charge in [0.25, 0.3) is 0 Å². The Morgan fingerprint density at radius 3 is 2.43 bits per heavy atom. The Labute approximate surface area is 178 Å². The molecule has 0 fully saturated rings. The molecule has 0 spiro atoms. The quantitative estimate of drug-likeness (QED) is 0.340. The number of hydrogen-bond acceptors (Lipinski definition) is 3. The number of fused-ring (bicyclic) bond motifs is 1. The second kappa shape index (κ2) is 9.04. The summed E-state index contributed by atoms with van der Waals surface area (Å²) >= 11 is 0. The fourth-order valence-corrected chi connectivity index (χ4v) is 3.61. The van der Waals surface area contributed by atoms with Gasteiger partial charge in [-0.2, -0.15) is 0 Å². The molecule has 30 heavy (non-hydrogen) atoms. The SMILES string of the molecule is Cc1ccc(C)c(OCCCn2c(COc3ccccc3C)nc3ccccc32)c1. The molecule has 0 amide bonds. The lowest BCUT2D eigenvalue weighted by Crippen LogP contribution is -2.10. The van der Waals surface area contributed by atoms with Crippen LogP contribution in [0.2, 0.25) is 0 Å². The van der Waals surface area contributed by atoms with Crippen molar-refractivity contribution in [2.24, 2.45) is 0 Å². The molecular formula is C26H28N2O2. The third kappa shape index (κ3) is 4.48. The van der Waals surface area contributed by atoms with Crippen LogP contribution in [0.3, 0.4) is 0 Å². The van der Waals surface area contributed by atoms with E-state index in [1.807, 2.05) is 24.3 Å². The number of benzene rings is 3. The number of nitrogens with zero attached hydrogens (tertiary/aromatic N) is 2. The second-order valence-corrected chi connectivity index (χ2v) is 7.69. The predicted octanol–water partition coefficient (Wildman–Crippen LogP) is 6.01. The average molecular weight is 401 g/mol. The molecule has 154 valence electrons. The lowest BCUT2D eigenvalue weighted by atomic mass is 10.1. The van der Waals surface area contributed by atoms with Gasteiger partial charge in [-0.05, 0) is 68.1 Å². The van der Waals surface area contributed by atoms with E-state index in [1.165, 1.54) is 11.1 Å². The summed E-state index contributed by atoms with van der Waals surface area (Å²) in [6.07, 6.45) is 0.894.